The number of nitrogens with zero attached hydrogens (tertiary/aromatic N) is 3. The lowest BCUT2D eigenvalue weighted by Crippen LogP contribution is -1.97. The van der Waals surface area contributed by atoms with Crippen LogP contribution in [-0.4, -0.2) is 21.2 Å². The van der Waals surface area contributed by atoms with E-state index < -0.39 is 0 Å². The molecule has 0 aliphatic rings. The average molecular weight is 177 g/mol. The van der Waals surface area contributed by atoms with Gasteiger partial charge in [0, 0.05) is 17.8 Å². The van der Waals surface area contributed by atoms with Gasteiger partial charge in [0.05, 0.1) is 12.8 Å². The Kier molecular flexibility index (Phi) is 1.88. The van der Waals surface area contributed by atoms with Crippen LogP contribution in [0.25, 0.3) is 5.65 Å². The van der Waals surface area contributed by atoms with Crippen molar-refractivity contribution in [2.45, 2.75) is 13.8 Å². The Bertz CT molecular complexity index is 422. The van der Waals surface area contributed by atoms with E-state index in [1.165, 1.54) is 0 Å². The third-order valence-corrected chi connectivity index (χ3v) is 1.81. The summed E-state index contributed by atoms with van der Waals surface area (Å²) in [7, 11) is 0. The fraction of sp³-hybridized carbons (Fsp3) is 0.333. The van der Waals surface area contributed by atoms with Crippen LogP contribution in [0.15, 0.2) is 18.5 Å². The van der Waals surface area contributed by atoms with Crippen LogP contribution in [0.1, 0.15) is 12.5 Å². The van der Waals surface area contributed by atoms with Crippen molar-refractivity contribution in [3.8, 4) is 5.88 Å². The van der Waals surface area contributed by atoms with Gasteiger partial charge in [-0.15, -0.1) is 0 Å². The highest BCUT2D eigenvalue weighted by Crippen LogP contribution is 2.11. The van der Waals surface area contributed by atoms with E-state index >= 15 is 0 Å². The summed E-state index contributed by atoms with van der Waals surface area (Å²) in [6.07, 6.45) is 3.64. The van der Waals surface area contributed by atoms with Crippen molar-refractivity contribution in [1.29, 1.82) is 0 Å². The molecule has 2 rings (SSSR count). The molecule has 0 radical (unpaired) electrons. The first-order valence-electron chi connectivity index (χ1n) is 4.25. The van der Waals surface area contributed by atoms with Crippen LogP contribution in [0.2, 0.25) is 0 Å². The van der Waals surface area contributed by atoms with E-state index in [9.17, 15) is 0 Å². The van der Waals surface area contributed by atoms with Gasteiger partial charge in [-0.1, -0.05) is 0 Å². The molecule has 4 nitrogen and oxygen atoms in total. The highest BCUT2D eigenvalue weighted by molar-refractivity contribution is 5.46. The summed E-state index contributed by atoms with van der Waals surface area (Å²) >= 11 is 0. The Labute approximate surface area is 76.2 Å². The zero-order valence-electron chi connectivity index (χ0n) is 7.69. The molecule has 0 saturated carbocycles. The van der Waals surface area contributed by atoms with Crippen LogP contribution in [0.3, 0.4) is 0 Å². The molecule has 2 heterocycles. The first-order chi connectivity index (χ1) is 6.31. The number of ether oxygens (including phenoxy) is 1. The topological polar surface area (TPSA) is 39.4 Å². The Morgan fingerprint density at radius 3 is 3.15 bits per heavy atom. The second-order valence-corrected chi connectivity index (χ2v) is 2.79. The maximum atomic E-state index is 5.29. The third kappa shape index (κ3) is 1.35. The fourth-order valence-corrected chi connectivity index (χ4v) is 1.19. The summed E-state index contributed by atoms with van der Waals surface area (Å²) < 4.78 is 7.02. The van der Waals surface area contributed by atoms with Crippen molar-refractivity contribution in [2.24, 2.45) is 0 Å². The number of rotatable bonds is 2. The fourth-order valence-electron chi connectivity index (χ4n) is 1.19. The summed E-state index contributed by atoms with van der Waals surface area (Å²) in [5.41, 5.74) is 1.91. The smallest absolute Gasteiger partial charge is 0.216 e. The molecule has 2 aromatic rings. The molecular formula is C9H11N3O. The molecule has 0 aromatic carbocycles. The summed E-state index contributed by atoms with van der Waals surface area (Å²) in [6.45, 7) is 4.55. The number of hydrogen-bond donors (Lipinski definition) is 0. The molecule has 0 atom stereocenters. The van der Waals surface area contributed by atoms with Gasteiger partial charge in [0.15, 0.2) is 5.65 Å². The molecule has 2 aromatic heterocycles. The molecular weight excluding hydrogens is 166 g/mol. The lowest BCUT2D eigenvalue weighted by atomic mass is 10.4. The Morgan fingerprint density at radius 1 is 1.54 bits per heavy atom. The predicted molar refractivity (Wildman–Crippen MR) is 48.9 cm³/mol. The van der Waals surface area contributed by atoms with Gasteiger partial charge in [0.1, 0.15) is 0 Å². The van der Waals surface area contributed by atoms with Crippen molar-refractivity contribution in [1.82, 2.24) is 14.6 Å². The van der Waals surface area contributed by atoms with E-state index in [1.54, 1.807) is 10.7 Å². The molecule has 0 bridgehead atoms. The van der Waals surface area contributed by atoms with Crippen molar-refractivity contribution < 1.29 is 4.74 Å². The minimum absolute atomic E-state index is 0.635. The third-order valence-electron chi connectivity index (χ3n) is 1.81. The first kappa shape index (κ1) is 8.04. The predicted octanol–water partition coefficient (Wildman–Crippen LogP) is 1.44. The summed E-state index contributed by atoms with van der Waals surface area (Å²) in [6, 6.07) is 1.81. The van der Waals surface area contributed by atoms with Gasteiger partial charge in [0.2, 0.25) is 5.88 Å². The zero-order valence-corrected chi connectivity index (χ0v) is 7.69. The van der Waals surface area contributed by atoms with Gasteiger partial charge in [-0.3, -0.25) is 0 Å². The molecule has 0 N–H and O–H groups in total. The van der Waals surface area contributed by atoms with E-state index in [-0.39, 0.29) is 0 Å². The van der Waals surface area contributed by atoms with Gasteiger partial charge in [-0.2, -0.15) is 10.1 Å². The van der Waals surface area contributed by atoms with E-state index in [0.29, 0.717) is 12.5 Å². The van der Waals surface area contributed by atoms with Crippen molar-refractivity contribution in [2.75, 3.05) is 6.61 Å². The quantitative estimate of drug-likeness (QED) is 0.696. The normalized spacial score (nSPS) is 10.6. The van der Waals surface area contributed by atoms with Gasteiger partial charge >= 0.3 is 0 Å². The molecule has 0 aliphatic heterocycles. The van der Waals surface area contributed by atoms with Crippen LogP contribution < -0.4 is 4.74 Å². The molecule has 0 unspecified atom stereocenters. The Hall–Kier alpha value is -1.58. The zero-order chi connectivity index (χ0) is 9.26. The Balaban J connectivity index is 2.53. The number of aromatic nitrogens is 3. The molecule has 0 spiro atoms. The van der Waals surface area contributed by atoms with Crippen LogP contribution >= 0.6 is 0 Å². The number of hydrogen-bond acceptors (Lipinski definition) is 3. The minimum atomic E-state index is 0.635. The average Bonchev–Trinajstić information content (AvgIpc) is 2.49. The lowest BCUT2D eigenvalue weighted by Gasteiger charge is -2.01. The van der Waals surface area contributed by atoms with Gasteiger partial charge in [0.25, 0.3) is 0 Å². The summed E-state index contributed by atoms with van der Waals surface area (Å²) in [5, 5.41) is 4.12. The largest absolute Gasteiger partial charge is 0.478 e. The van der Waals surface area contributed by atoms with Gasteiger partial charge in [-0.05, 0) is 13.8 Å². The van der Waals surface area contributed by atoms with E-state index in [2.05, 4.69) is 10.1 Å². The monoisotopic (exact) mass is 177 g/mol. The molecule has 0 amide bonds. The van der Waals surface area contributed by atoms with Crippen molar-refractivity contribution >= 4 is 5.65 Å². The lowest BCUT2D eigenvalue weighted by molar-refractivity contribution is 0.327. The molecule has 13 heavy (non-hydrogen) atoms. The van der Waals surface area contributed by atoms with E-state index in [0.717, 1.165) is 11.2 Å². The van der Waals surface area contributed by atoms with E-state index in [4.69, 9.17) is 4.74 Å². The van der Waals surface area contributed by atoms with Gasteiger partial charge in [-0.25, -0.2) is 4.52 Å². The SMILES string of the molecule is CCOc1ccn2ncc(C)c2n1. The van der Waals surface area contributed by atoms with Crippen molar-refractivity contribution in [3.63, 3.8) is 0 Å². The molecule has 68 valence electrons. The van der Waals surface area contributed by atoms with E-state index in [1.807, 2.05) is 26.1 Å². The van der Waals surface area contributed by atoms with Gasteiger partial charge < -0.3 is 4.74 Å². The first-order valence-corrected chi connectivity index (χ1v) is 4.25. The number of aryl methyl sites for hydroxylation is 1. The minimum Gasteiger partial charge on any atom is -0.478 e. The van der Waals surface area contributed by atoms with Crippen LogP contribution in [0.4, 0.5) is 0 Å². The maximum absolute atomic E-state index is 5.29. The maximum Gasteiger partial charge on any atom is 0.216 e. The molecule has 0 aliphatic carbocycles. The van der Waals surface area contributed by atoms with Crippen molar-refractivity contribution in [3.05, 3.63) is 24.0 Å². The highest BCUT2D eigenvalue weighted by Gasteiger charge is 2.01. The standard InChI is InChI=1S/C9H11N3O/c1-3-13-8-4-5-12-9(11-8)7(2)6-10-12/h4-6H,3H2,1-2H3. The second-order valence-electron chi connectivity index (χ2n) is 2.79. The van der Waals surface area contributed by atoms with Crippen LogP contribution in [-0.2, 0) is 0 Å². The Morgan fingerprint density at radius 2 is 2.38 bits per heavy atom. The number of fused-ring (bicyclic) bond motifs is 1. The molecule has 0 fully saturated rings. The second kappa shape index (κ2) is 3.05. The summed E-state index contributed by atoms with van der Waals surface area (Å²) in [5.74, 6) is 0.651. The van der Waals surface area contributed by atoms with Crippen LogP contribution in [0, 0.1) is 6.92 Å². The van der Waals surface area contributed by atoms with Crippen LogP contribution in [0.5, 0.6) is 5.88 Å². The highest BCUT2D eigenvalue weighted by atomic mass is 16.5. The molecule has 0 saturated heterocycles. The summed E-state index contributed by atoms with van der Waals surface area (Å²) in [4.78, 5) is 4.30. The molecule has 4 heteroatoms.